The maximum atomic E-state index is 11.8. The van der Waals surface area contributed by atoms with Crippen molar-refractivity contribution in [2.24, 2.45) is 0 Å². The Morgan fingerprint density at radius 1 is 1.11 bits per heavy atom. The van der Waals surface area contributed by atoms with E-state index in [-0.39, 0.29) is 26.4 Å². The van der Waals surface area contributed by atoms with E-state index in [1.807, 2.05) is 24.3 Å². The first-order chi connectivity index (χ1) is 13.0. The lowest BCUT2D eigenvalue weighted by atomic mass is 10.1. The standard InChI is InChI=1S/C20H23NO6/c1-14(2)19(22)26-12-11-25-10-9-21-20(23)27-16-7-8-17-15(13-16)5-4-6-18(17)24-3/h4-8,13H,1,9-12H2,2-3H3,(H,21,23). The zero-order chi connectivity index (χ0) is 19.6. The number of ether oxygens (including phenoxy) is 4. The summed E-state index contributed by atoms with van der Waals surface area (Å²) in [7, 11) is 1.61. The van der Waals surface area contributed by atoms with E-state index in [0.29, 0.717) is 11.3 Å². The molecule has 7 heteroatoms. The lowest BCUT2D eigenvalue weighted by molar-refractivity contribution is -0.140. The Labute approximate surface area is 157 Å². The van der Waals surface area contributed by atoms with Crippen molar-refractivity contribution in [3.8, 4) is 11.5 Å². The van der Waals surface area contributed by atoms with Gasteiger partial charge in [-0.1, -0.05) is 18.7 Å². The minimum Gasteiger partial charge on any atom is -0.496 e. The molecule has 0 atom stereocenters. The third kappa shape index (κ3) is 6.31. The summed E-state index contributed by atoms with van der Waals surface area (Å²) < 4.78 is 20.7. The van der Waals surface area contributed by atoms with Crippen molar-refractivity contribution in [2.75, 3.05) is 33.5 Å². The first-order valence-corrected chi connectivity index (χ1v) is 8.44. The summed E-state index contributed by atoms with van der Waals surface area (Å²) in [6, 6.07) is 11.0. The molecule has 1 N–H and O–H groups in total. The second-order valence-electron chi connectivity index (χ2n) is 5.69. The van der Waals surface area contributed by atoms with Gasteiger partial charge in [0.2, 0.25) is 0 Å². The molecule has 0 unspecified atom stereocenters. The van der Waals surface area contributed by atoms with Gasteiger partial charge in [-0.15, -0.1) is 0 Å². The van der Waals surface area contributed by atoms with Crippen LogP contribution >= 0.6 is 0 Å². The lowest BCUT2D eigenvalue weighted by Crippen LogP contribution is -2.30. The number of hydrogen-bond acceptors (Lipinski definition) is 6. The highest BCUT2D eigenvalue weighted by Gasteiger charge is 2.07. The number of methoxy groups -OCH3 is 1. The summed E-state index contributed by atoms with van der Waals surface area (Å²) in [6.45, 7) is 5.97. The quantitative estimate of drug-likeness (QED) is 0.413. The number of hydrogen-bond donors (Lipinski definition) is 1. The molecule has 7 nitrogen and oxygen atoms in total. The molecule has 0 bridgehead atoms. The highest BCUT2D eigenvalue weighted by molar-refractivity contribution is 5.90. The Hall–Kier alpha value is -3.06. The maximum absolute atomic E-state index is 11.8. The summed E-state index contributed by atoms with van der Waals surface area (Å²) in [4.78, 5) is 23.0. The number of carbonyl (C=O) groups is 2. The second-order valence-corrected chi connectivity index (χ2v) is 5.69. The molecule has 0 aliphatic rings. The fourth-order valence-electron chi connectivity index (χ4n) is 2.26. The molecule has 0 fully saturated rings. The molecule has 2 rings (SSSR count). The van der Waals surface area contributed by atoms with Crippen LogP contribution in [0.15, 0.2) is 48.6 Å². The van der Waals surface area contributed by atoms with Gasteiger partial charge in [0.05, 0.1) is 20.3 Å². The molecule has 2 aromatic rings. The summed E-state index contributed by atoms with van der Waals surface area (Å²) in [5.41, 5.74) is 0.339. The molecule has 0 radical (unpaired) electrons. The average Bonchev–Trinajstić information content (AvgIpc) is 2.66. The van der Waals surface area contributed by atoms with Crippen molar-refractivity contribution in [1.29, 1.82) is 0 Å². The topological polar surface area (TPSA) is 83.1 Å². The molecule has 0 aromatic heterocycles. The van der Waals surface area contributed by atoms with Gasteiger partial charge in [0.15, 0.2) is 0 Å². The number of benzene rings is 2. The summed E-state index contributed by atoms with van der Waals surface area (Å²) in [5.74, 6) is 0.740. The number of amides is 1. The predicted octanol–water partition coefficient (Wildman–Crippen LogP) is 3.07. The van der Waals surface area contributed by atoms with Crippen molar-refractivity contribution < 1.29 is 28.5 Å². The van der Waals surface area contributed by atoms with E-state index >= 15 is 0 Å². The van der Waals surface area contributed by atoms with Crippen LogP contribution in [0.25, 0.3) is 10.8 Å². The van der Waals surface area contributed by atoms with Crippen LogP contribution in [0, 0.1) is 0 Å². The van der Waals surface area contributed by atoms with Gasteiger partial charge in [0.1, 0.15) is 18.1 Å². The van der Waals surface area contributed by atoms with Crippen LogP contribution in [-0.4, -0.2) is 45.5 Å². The van der Waals surface area contributed by atoms with Crippen LogP contribution in [0.1, 0.15) is 6.92 Å². The highest BCUT2D eigenvalue weighted by Crippen LogP contribution is 2.28. The van der Waals surface area contributed by atoms with E-state index < -0.39 is 12.1 Å². The Bertz CT molecular complexity index is 817. The maximum Gasteiger partial charge on any atom is 0.412 e. The minimum absolute atomic E-state index is 0.136. The number of esters is 1. The van der Waals surface area contributed by atoms with Crippen LogP contribution in [0.5, 0.6) is 11.5 Å². The van der Waals surface area contributed by atoms with E-state index in [2.05, 4.69) is 11.9 Å². The van der Waals surface area contributed by atoms with Gasteiger partial charge in [0, 0.05) is 17.5 Å². The number of carbonyl (C=O) groups excluding carboxylic acids is 2. The van der Waals surface area contributed by atoms with E-state index in [0.717, 1.165) is 16.5 Å². The van der Waals surface area contributed by atoms with E-state index in [9.17, 15) is 9.59 Å². The molecular formula is C20H23NO6. The van der Waals surface area contributed by atoms with Gasteiger partial charge in [-0.05, 0) is 36.6 Å². The SMILES string of the molecule is C=C(C)C(=O)OCCOCCNC(=O)Oc1ccc2c(OC)cccc2c1. The predicted molar refractivity (Wildman–Crippen MR) is 101 cm³/mol. The van der Waals surface area contributed by atoms with E-state index in [1.54, 1.807) is 26.2 Å². The van der Waals surface area contributed by atoms with Crippen LogP contribution < -0.4 is 14.8 Å². The molecule has 27 heavy (non-hydrogen) atoms. The minimum atomic E-state index is -0.574. The van der Waals surface area contributed by atoms with Crippen LogP contribution in [0.2, 0.25) is 0 Å². The van der Waals surface area contributed by atoms with Crippen LogP contribution in [-0.2, 0) is 14.3 Å². The average molecular weight is 373 g/mol. The van der Waals surface area contributed by atoms with Gasteiger partial charge in [-0.2, -0.15) is 0 Å². The second kappa shape index (κ2) is 10.2. The van der Waals surface area contributed by atoms with Gasteiger partial charge < -0.3 is 24.3 Å². The summed E-state index contributed by atoms with van der Waals surface area (Å²) in [6.07, 6.45) is -0.574. The smallest absolute Gasteiger partial charge is 0.412 e. The zero-order valence-corrected chi connectivity index (χ0v) is 15.4. The monoisotopic (exact) mass is 373 g/mol. The van der Waals surface area contributed by atoms with Crippen molar-refractivity contribution in [3.63, 3.8) is 0 Å². The number of rotatable bonds is 9. The van der Waals surface area contributed by atoms with Crippen molar-refractivity contribution >= 4 is 22.8 Å². The normalized spacial score (nSPS) is 10.3. The molecule has 0 spiro atoms. The molecule has 0 saturated heterocycles. The van der Waals surface area contributed by atoms with Crippen LogP contribution in [0.4, 0.5) is 4.79 Å². The van der Waals surface area contributed by atoms with Gasteiger partial charge in [-0.3, -0.25) is 0 Å². The Morgan fingerprint density at radius 3 is 2.67 bits per heavy atom. The Kier molecular flexibility index (Phi) is 7.63. The highest BCUT2D eigenvalue weighted by atomic mass is 16.6. The van der Waals surface area contributed by atoms with Crippen molar-refractivity contribution in [2.45, 2.75) is 6.92 Å². The molecule has 2 aromatic carbocycles. The third-order valence-corrected chi connectivity index (χ3v) is 3.57. The molecule has 0 aliphatic heterocycles. The molecule has 0 aliphatic carbocycles. The first kappa shape index (κ1) is 20.3. The van der Waals surface area contributed by atoms with E-state index in [1.165, 1.54) is 0 Å². The van der Waals surface area contributed by atoms with Crippen LogP contribution in [0.3, 0.4) is 0 Å². The number of fused-ring (bicyclic) bond motifs is 1. The van der Waals surface area contributed by atoms with Gasteiger partial charge >= 0.3 is 12.1 Å². The zero-order valence-electron chi connectivity index (χ0n) is 15.4. The fourth-order valence-corrected chi connectivity index (χ4v) is 2.26. The Morgan fingerprint density at radius 2 is 1.93 bits per heavy atom. The molecule has 1 amide bonds. The van der Waals surface area contributed by atoms with Crippen molar-refractivity contribution in [1.82, 2.24) is 5.32 Å². The van der Waals surface area contributed by atoms with E-state index in [4.69, 9.17) is 18.9 Å². The summed E-state index contributed by atoms with van der Waals surface area (Å²) in [5, 5.41) is 4.43. The first-order valence-electron chi connectivity index (χ1n) is 8.44. The molecular weight excluding hydrogens is 350 g/mol. The number of nitrogens with one attached hydrogen (secondary N) is 1. The lowest BCUT2D eigenvalue weighted by Gasteiger charge is -2.09. The van der Waals surface area contributed by atoms with Gasteiger partial charge in [0.25, 0.3) is 0 Å². The largest absolute Gasteiger partial charge is 0.496 e. The molecule has 0 heterocycles. The fraction of sp³-hybridized carbons (Fsp3) is 0.300. The summed E-state index contributed by atoms with van der Waals surface area (Å²) >= 11 is 0. The molecule has 144 valence electrons. The van der Waals surface area contributed by atoms with Gasteiger partial charge in [-0.25, -0.2) is 9.59 Å². The van der Waals surface area contributed by atoms with Crippen molar-refractivity contribution in [3.05, 3.63) is 48.6 Å². The Balaban J connectivity index is 1.69. The third-order valence-electron chi connectivity index (χ3n) is 3.57. The molecule has 0 saturated carbocycles.